The van der Waals surface area contributed by atoms with E-state index in [9.17, 15) is 19.6 Å². The molecule has 0 bridgehead atoms. The summed E-state index contributed by atoms with van der Waals surface area (Å²) in [7, 11) is 6.45. The Balaban J connectivity index is -0.0000000945. The van der Waals surface area contributed by atoms with Crippen LogP contribution in [0.1, 0.15) is 54.2 Å². The third-order valence-electron chi connectivity index (χ3n) is 7.11. The van der Waals surface area contributed by atoms with Crippen LogP contribution in [-0.2, 0) is 143 Å². The molecule has 0 aliphatic rings. The van der Waals surface area contributed by atoms with Crippen molar-refractivity contribution in [2.45, 2.75) is 60.8 Å². The fraction of sp³-hybridized carbons (Fsp3) is 0.410. The second-order valence-corrected chi connectivity index (χ2v) is 46.6. The zero-order chi connectivity index (χ0) is 43.3. The SMILES string of the molecule is CCc1cc(O)c(C)cc1OC[N-]C.CCc1cc(OC(=O)[CH-]OC)c(C)cc1OC[N-]C.CCc1cc(OC(=O)[CH-]ON=O)c(C)cc1OC[N-]C.[CH3-].[I][V]([I])[I].[Re].[Re].[Rf].[Rf].[Ru+].[Ru+].[Ru+]. The number of halogens is 3. The Morgan fingerprint density at radius 1 is 0.631 bits per heavy atom. The van der Waals surface area contributed by atoms with E-state index in [1.165, 1.54) is 7.11 Å². The summed E-state index contributed by atoms with van der Waals surface area (Å²) in [6.45, 7) is 14.0. The summed E-state index contributed by atoms with van der Waals surface area (Å²) in [5, 5.41) is 23.2. The van der Waals surface area contributed by atoms with Crippen molar-refractivity contribution in [3.8, 4) is 34.5 Å². The van der Waals surface area contributed by atoms with Gasteiger partial charge in [0, 0.05) is 68.1 Å². The minimum absolute atomic E-state index is 0. The Hall–Kier alpha value is -1.25. The average Bonchev–Trinajstić information content (AvgIpc) is 3.17. The van der Waals surface area contributed by atoms with Gasteiger partial charge in [0.25, 0.3) is 0 Å². The fourth-order valence-corrected chi connectivity index (χ4v) is 4.40. The molecule has 0 spiro atoms. The molecule has 0 fully saturated rings. The first-order valence-corrected chi connectivity index (χ1v) is 30.7. The molecule has 3 rings (SSSR count). The molecule has 0 heterocycles. The summed E-state index contributed by atoms with van der Waals surface area (Å²) >= 11 is 7.39. The maximum Gasteiger partial charge on any atom is 1.00 e. The van der Waals surface area contributed by atoms with Crippen LogP contribution in [0.15, 0.2) is 41.7 Å². The molecule has 0 amide bonds. The van der Waals surface area contributed by atoms with Crippen molar-refractivity contribution < 1.29 is 152 Å². The molecule has 0 saturated carbocycles. The third kappa shape index (κ3) is 36.4. The van der Waals surface area contributed by atoms with E-state index in [1.54, 1.807) is 46.3 Å². The van der Waals surface area contributed by atoms with Crippen molar-refractivity contribution in [2.75, 3.05) is 48.4 Å². The van der Waals surface area contributed by atoms with Crippen molar-refractivity contribution in [3.05, 3.63) is 111 Å². The quantitative estimate of drug-likeness (QED) is 0.0229. The van der Waals surface area contributed by atoms with E-state index in [4.69, 9.17) is 23.7 Å². The van der Waals surface area contributed by atoms with Gasteiger partial charge in [0.05, 0.1) is 0 Å². The van der Waals surface area contributed by atoms with Crippen LogP contribution in [0.25, 0.3) is 16.0 Å². The summed E-state index contributed by atoms with van der Waals surface area (Å²) in [6.07, 6.45) is 2.32. The van der Waals surface area contributed by atoms with Gasteiger partial charge in [-0.3, -0.25) is 9.59 Å². The molecule has 0 aliphatic heterocycles. The number of hydrogen-bond donors (Lipinski definition) is 1. The zero-order valence-corrected chi connectivity index (χ0v) is 69.3. The molecule has 0 saturated heterocycles. The maximum atomic E-state index is 11.4. The molecule has 0 atom stereocenters. The van der Waals surface area contributed by atoms with E-state index in [2.05, 4.69) is 90.8 Å². The molecule has 15 nitrogen and oxygen atoms in total. The molecule has 0 unspecified atom stereocenters. The largest absolute Gasteiger partial charge is 1.00 e. The zero-order valence-electron chi connectivity index (χ0n) is 38.0. The number of nitrogens with zero attached hydrogens (tertiary/aromatic N) is 4. The smallest absolute Gasteiger partial charge is 0 e. The molecule has 0 aromatic heterocycles. The number of hydrogen-bond acceptors (Lipinski definition) is 12. The minimum atomic E-state index is -0.813. The van der Waals surface area contributed by atoms with Gasteiger partial charge >= 0.3 is 123 Å². The number of methoxy groups -OCH3 is 1. The molecule has 5 radical (unpaired) electrons. The second-order valence-electron chi connectivity index (χ2n) is 11.2. The summed E-state index contributed by atoms with van der Waals surface area (Å²) in [6, 6.07) is 10.7. The Labute approximate surface area is 477 Å². The van der Waals surface area contributed by atoms with Crippen molar-refractivity contribution >= 4 is 71.9 Å². The maximum absolute atomic E-state index is 11.4. The molecular formula is C39H54I3N4O11Re2Rf2Ru3V-3. The predicted octanol–water partition coefficient (Wildman–Crippen LogP) is 11.0. The van der Waals surface area contributed by atoms with E-state index in [0.717, 1.165) is 58.8 Å². The fourth-order valence-electron chi connectivity index (χ4n) is 4.40. The van der Waals surface area contributed by atoms with E-state index >= 15 is 0 Å². The first-order valence-electron chi connectivity index (χ1n) is 17.2. The number of carbonyl (C=O) groups is 2. The van der Waals surface area contributed by atoms with Gasteiger partial charge in [-0.2, -0.15) is 27.7 Å². The number of carbonyl (C=O) groups excluding carboxylic acids is 2. The van der Waals surface area contributed by atoms with E-state index in [1.807, 2.05) is 52.8 Å². The van der Waals surface area contributed by atoms with Crippen molar-refractivity contribution in [1.29, 1.82) is 0 Å². The van der Waals surface area contributed by atoms with Gasteiger partial charge < -0.3 is 61.7 Å². The van der Waals surface area contributed by atoms with Gasteiger partial charge in [-0.1, -0.05) is 27.4 Å². The van der Waals surface area contributed by atoms with Gasteiger partial charge in [0.15, 0.2) is 5.97 Å². The Kier molecular flexibility index (Phi) is 65.2. The van der Waals surface area contributed by atoms with Crippen LogP contribution in [0.3, 0.4) is 0 Å². The van der Waals surface area contributed by atoms with Gasteiger partial charge in [-0.25, -0.2) is 0 Å². The number of benzene rings is 3. The van der Waals surface area contributed by atoms with Crippen LogP contribution >= 0.6 is 59.9 Å². The van der Waals surface area contributed by atoms with Crippen LogP contribution in [-0.4, -0.2) is 65.5 Å². The minimum Gasteiger partial charge on any atom is 0 e. The summed E-state index contributed by atoms with van der Waals surface area (Å²) < 4.78 is 31.3. The predicted molar refractivity (Wildman–Crippen MR) is 250 cm³/mol. The standard InChI is InChI=1S/C14H19NO4.C13H16N2O5.C11H16NO2.CH3.3HI.2Re.2Rf.3Ru.V/c1-5-11-7-12(19-14(16)8-17-4)10(2)6-13(11)18-9-15-3;1-4-10-6-11(20-13(16)7-19-15-17)9(2)5-12(10)18-8-14-3;1-4-9-6-10(13)8(2)5-11(9)14-7-12-3;;;;;;;;;;;;/h6-8H,5,9H2,1-4H3;5-7H,4,8H2,1-3H3;5-6,13H,4,7H2,1-3H3;1H3;3*1H;;;;;;;;/q2*-2;2*-1;;;;;;;;3*+1;+3/p-3. The van der Waals surface area contributed by atoms with Crippen molar-refractivity contribution in [2.24, 2.45) is 5.34 Å². The molecule has 26 heteroatoms. The summed E-state index contributed by atoms with van der Waals surface area (Å²) in [5.41, 5.74) is 5.23. The normalized spacial score (nSPS) is 8.71. The number of esters is 2. The average molecular weight is 2400 g/mol. The Morgan fingerprint density at radius 2 is 0.938 bits per heavy atom. The molecule has 3 aromatic carbocycles. The molecule has 1 N–H and O–H groups in total. The van der Waals surface area contributed by atoms with Gasteiger partial charge in [-0.15, -0.1) is 4.91 Å². The van der Waals surface area contributed by atoms with Crippen LogP contribution in [0.5, 0.6) is 34.5 Å². The number of phenols is 1. The van der Waals surface area contributed by atoms with Crippen LogP contribution < -0.4 is 23.7 Å². The topological polar surface area (TPSA) is 191 Å². The van der Waals surface area contributed by atoms with Crippen molar-refractivity contribution in [3.63, 3.8) is 0 Å². The number of ether oxygens (including phenoxy) is 6. The summed E-state index contributed by atoms with van der Waals surface area (Å²) in [5.74, 6) is 2.13. The van der Waals surface area contributed by atoms with E-state index < -0.39 is 11.9 Å². The monoisotopic (exact) mass is 2400 g/mol. The first-order chi connectivity index (χ1) is 27.2. The van der Waals surface area contributed by atoms with E-state index in [-0.39, 0.29) is 118 Å². The Bertz CT molecular complexity index is 1700. The van der Waals surface area contributed by atoms with Crippen molar-refractivity contribution in [1.82, 2.24) is 0 Å². The van der Waals surface area contributed by atoms with E-state index in [0.29, 0.717) is 55.1 Å². The molecule has 367 valence electrons. The summed E-state index contributed by atoms with van der Waals surface area (Å²) in [4.78, 5) is 36.1. The number of phenolic OH excluding ortho intramolecular Hbond substituents is 1. The van der Waals surface area contributed by atoms with Crippen LogP contribution in [0.2, 0.25) is 0 Å². The van der Waals surface area contributed by atoms with Gasteiger partial charge in [0.1, 0.15) is 39.8 Å². The molecular weight excluding hydrogens is 2340 g/mol. The van der Waals surface area contributed by atoms with Gasteiger partial charge in [-0.05, 0) is 110 Å². The molecule has 0 aliphatic carbocycles. The number of aryl methyl sites for hydroxylation is 6. The molecule has 3 aromatic rings. The third-order valence-corrected chi connectivity index (χ3v) is 7.11. The first kappa shape index (κ1) is 83.7. The Morgan fingerprint density at radius 3 is 1.23 bits per heavy atom. The number of aromatic hydroxyl groups is 1. The number of rotatable bonds is 19. The van der Waals surface area contributed by atoms with Gasteiger partial charge in [0.2, 0.25) is 5.97 Å². The van der Waals surface area contributed by atoms with Crippen LogP contribution in [0.4, 0.5) is 0 Å². The second kappa shape index (κ2) is 50.6. The molecule has 65 heavy (non-hydrogen) atoms. The van der Waals surface area contributed by atoms with Crippen LogP contribution in [0, 0.1) is 46.3 Å².